The molecule has 1 aliphatic rings. The van der Waals surface area contributed by atoms with Crippen LogP contribution in [0.25, 0.3) is 0 Å². The van der Waals surface area contributed by atoms with E-state index in [0.29, 0.717) is 13.3 Å². The lowest BCUT2D eigenvalue weighted by atomic mass is 9.87. The van der Waals surface area contributed by atoms with Crippen molar-refractivity contribution in [1.29, 1.82) is 0 Å². The van der Waals surface area contributed by atoms with Crippen molar-refractivity contribution in [1.82, 2.24) is 0 Å². The van der Waals surface area contributed by atoms with Gasteiger partial charge in [-0.05, 0) is 23.3 Å². The standard InChI is InChI=1S/C18H17NO2/c1-2-12-20-17-10-8-16(9-11-17)18(13-19-14-21-18)15-6-4-3-5-7-15/h2-11,13H,1,12,14H2. The number of nitrogens with zero attached hydrogens (tertiary/aromatic N) is 1. The average Bonchev–Trinajstić information content (AvgIpc) is 3.05. The van der Waals surface area contributed by atoms with Gasteiger partial charge in [-0.2, -0.15) is 0 Å². The van der Waals surface area contributed by atoms with Crippen molar-refractivity contribution in [2.24, 2.45) is 4.99 Å². The summed E-state index contributed by atoms with van der Waals surface area (Å²) in [5.74, 6) is 0.816. The molecule has 3 nitrogen and oxygen atoms in total. The van der Waals surface area contributed by atoms with Crippen molar-refractivity contribution in [3.05, 3.63) is 78.4 Å². The first-order valence-electron chi connectivity index (χ1n) is 6.90. The molecule has 0 radical (unpaired) electrons. The van der Waals surface area contributed by atoms with E-state index in [2.05, 4.69) is 23.7 Å². The Morgan fingerprint density at radius 3 is 2.43 bits per heavy atom. The largest absolute Gasteiger partial charge is 0.490 e. The summed E-state index contributed by atoms with van der Waals surface area (Å²) in [4.78, 5) is 4.27. The summed E-state index contributed by atoms with van der Waals surface area (Å²) in [6.45, 7) is 4.52. The summed E-state index contributed by atoms with van der Waals surface area (Å²) < 4.78 is 11.5. The molecule has 2 aromatic rings. The molecule has 0 saturated carbocycles. The molecule has 0 N–H and O–H groups in total. The van der Waals surface area contributed by atoms with Crippen molar-refractivity contribution in [3.8, 4) is 5.75 Å². The van der Waals surface area contributed by atoms with Crippen molar-refractivity contribution in [2.75, 3.05) is 13.3 Å². The number of rotatable bonds is 5. The zero-order chi connectivity index (χ0) is 14.5. The minimum atomic E-state index is -0.599. The van der Waals surface area contributed by atoms with Crippen LogP contribution in [0.5, 0.6) is 5.75 Å². The Labute approximate surface area is 124 Å². The van der Waals surface area contributed by atoms with Gasteiger partial charge in [-0.25, -0.2) is 0 Å². The first kappa shape index (κ1) is 13.6. The molecule has 0 fully saturated rings. The molecule has 0 amide bonds. The molecular formula is C18H17NO2. The highest BCUT2D eigenvalue weighted by molar-refractivity contribution is 5.78. The Kier molecular flexibility index (Phi) is 3.84. The van der Waals surface area contributed by atoms with Gasteiger partial charge in [-0.15, -0.1) is 0 Å². The van der Waals surface area contributed by atoms with Gasteiger partial charge in [0.15, 0.2) is 5.60 Å². The Bertz CT molecular complexity index is 634. The van der Waals surface area contributed by atoms with Crippen LogP contribution in [0.15, 0.2) is 72.2 Å². The lowest BCUT2D eigenvalue weighted by Crippen LogP contribution is -2.29. The highest BCUT2D eigenvalue weighted by Gasteiger charge is 2.36. The highest BCUT2D eigenvalue weighted by atomic mass is 16.5. The van der Waals surface area contributed by atoms with Crippen molar-refractivity contribution in [3.63, 3.8) is 0 Å². The summed E-state index contributed by atoms with van der Waals surface area (Å²) in [6, 6.07) is 18.0. The van der Waals surface area contributed by atoms with E-state index in [0.717, 1.165) is 16.9 Å². The zero-order valence-corrected chi connectivity index (χ0v) is 11.7. The van der Waals surface area contributed by atoms with E-state index in [1.54, 1.807) is 6.08 Å². The summed E-state index contributed by atoms with van der Waals surface area (Å²) in [5.41, 5.74) is 1.52. The fraction of sp³-hybridized carbons (Fsp3) is 0.167. The molecule has 21 heavy (non-hydrogen) atoms. The third-order valence-corrected chi connectivity index (χ3v) is 3.49. The molecule has 0 aliphatic carbocycles. The van der Waals surface area contributed by atoms with E-state index in [9.17, 15) is 0 Å². The lowest BCUT2D eigenvalue weighted by Gasteiger charge is -2.27. The number of hydrogen-bond donors (Lipinski definition) is 0. The van der Waals surface area contributed by atoms with Gasteiger partial charge in [-0.3, -0.25) is 4.99 Å². The fourth-order valence-electron chi connectivity index (χ4n) is 2.46. The molecule has 106 valence electrons. The van der Waals surface area contributed by atoms with Gasteiger partial charge in [0, 0.05) is 6.21 Å². The zero-order valence-electron chi connectivity index (χ0n) is 11.7. The topological polar surface area (TPSA) is 30.8 Å². The molecule has 0 aromatic heterocycles. The second-order valence-electron chi connectivity index (χ2n) is 4.81. The van der Waals surface area contributed by atoms with E-state index in [-0.39, 0.29) is 0 Å². The van der Waals surface area contributed by atoms with Gasteiger partial charge < -0.3 is 9.47 Å². The molecule has 1 atom stereocenters. The minimum Gasteiger partial charge on any atom is -0.490 e. The van der Waals surface area contributed by atoms with E-state index in [1.165, 1.54) is 0 Å². The molecule has 1 heterocycles. The first-order chi connectivity index (χ1) is 10.3. The van der Waals surface area contributed by atoms with E-state index in [1.807, 2.05) is 48.7 Å². The molecule has 0 spiro atoms. The smallest absolute Gasteiger partial charge is 0.155 e. The molecule has 1 unspecified atom stereocenters. The van der Waals surface area contributed by atoms with Crippen LogP contribution in [0.3, 0.4) is 0 Å². The summed E-state index contributed by atoms with van der Waals surface area (Å²) >= 11 is 0. The Morgan fingerprint density at radius 2 is 1.81 bits per heavy atom. The first-order valence-corrected chi connectivity index (χ1v) is 6.90. The molecule has 1 aliphatic heterocycles. The van der Waals surface area contributed by atoms with Crippen LogP contribution in [-0.2, 0) is 10.3 Å². The predicted octanol–water partition coefficient (Wildman–Crippen LogP) is 3.55. The van der Waals surface area contributed by atoms with Crippen LogP contribution in [0.2, 0.25) is 0 Å². The average molecular weight is 279 g/mol. The van der Waals surface area contributed by atoms with E-state index in [4.69, 9.17) is 9.47 Å². The van der Waals surface area contributed by atoms with Crippen molar-refractivity contribution in [2.45, 2.75) is 5.60 Å². The quantitative estimate of drug-likeness (QED) is 0.784. The van der Waals surface area contributed by atoms with Gasteiger partial charge in [0.05, 0.1) is 0 Å². The maximum absolute atomic E-state index is 5.95. The molecule has 0 bridgehead atoms. The molecule has 0 saturated heterocycles. The van der Waals surface area contributed by atoms with E-state index < -0.39 is 5.60 Å². The third kappa shape index (κ3) is 2.60. The molecule has 3 heteroatoms. The highest BCUT2D eigenvalue weighted by Crippen LogP contribution is 2.35. The molecule has 2 aromatic carbocycles. The van der Waals surface area contributed by atoms with Crippen LogP contribution in [0.1, 0.15) is 11.1 Å². The van der Waals surface area contributed by atoms with E-state index >= 15 is 0 Å². The van der Waals surface area contributed by atoms with Crippen LogP contribution >= 0.6 is 0 Å². The predicted molar refractivity (Wildman–Crippen MR) is 83.8 cm³/mol. The number of ether oxygens (including phenoxy) is 2. The van der Waals surface area contributed by atoms with Gasteiger partial charge in [-0.1, -0.05) is 55.1 Å². The second-order valence-corrected chi connectivity index (χ2v) is 4.81. The SMILES string of the molecule is C=CCOc1ccc(C2(c3ccccc3)C=NCO2)cc1. The van der Waals surface area contributed by atoms with Gasteiger partial charge in [0.2, 0.25) is 0 Å². The van der Waals surface area contributed by atoms with Crippen LogP contribution in [-0.4, -0.2) is 19.6 Å². The lowest BCUT2D eigenvalue weighted by molar-refractivity contribution is 0.0636. The Hall–Kier alpha value is -2.39. The summed E-state index contributed by atoms with van der Waals surface area (Å²) in [7, 11) is 0. The van der Waals surface area contributed by atoms with Gasteiger partial charge in [0.1, 0.15) is 19.1 Å². The van der Waals surface area contributed by atoms with Crippen LogP contribution in [0.4, 0.5) is 0 Å². The van der Waals surface area contributed by atoms with Crippen molar-refractivity contribution >= 4 is 6.21 Å². The number of aliphatic imine (C=N–C) groups is 1. The maximum Gasteiger partial charge on any atom is 0.155 e. The van der Waals surface area contributed by atoms with Crippen LogP contribution < -0.4 is 4.74 Å². The molecule has 3 rings (SSSR count). The summed E-state index contributed by atoms with van der Waals surface area (Å²) in [6.07, 6.45) is 3.61. The van der Waals surface area contributed by atoms with Crippen molar-refractivity contribution < 1.29 is 9.47 Å². The van der Waals surface area contributed by atoms with Gasteiger partial charge in [0.25, 0.3) is 0 Å². The van der Waals surface area contributed by atoms with Gasteiger partial charge >= 0.3 is 0 Å². The fourth-order valence-corrected chi connectivity index (χ4v) is 2.46. The maximum atomic E-state index is 5.95. The second kappa shape index (κ2) is 5.94. The minimum absolute atomic E-state index is 0.379. The summed E-state index contributed by atoms with van der Waals surface area (Å²) in [5, 5.41) is 0. The van der Waals surface area contributed by atoms with Crippen LogP contribution in [0, 0.1) is 0 Å². The number of benzene rings is 2. The normalized spacial score (nSPS) is 20.4. The monoisotopic (exact) mass is 279 g/mol. The third-order valence-electron chi connectivity index (χ3n) is 3.49. The number of hydrogen-bond acceptors (Lipinski definition) is 3. The molecular weight excluding hydrogens is 262 g/mol. The Morgan fingerprint density at radius 1 is 1.10 bits per heavy atom. The Balaban J connectivity index is 1.95.